The van der Waals surface area contributed by atoms with Crippen LogP contribution in [0.4, 0.5) is 5.69 Å². The molecular weight excluding hydrogens is 252 g/mol. The summed E-state index contributed by atoms with van der Waals surface area (Å²) in [5.41, 5.74) is 2.23. The molecule has 4 heteroatoms. The lowest BCUT2D eigenvalue weighted by atomic mass is 10.1. The van der Waals surface area contributed by atoms with Gasteiger partial charge >= 0.3 is 5.97 Å². The van der Waals surface area contributed by atoms with Crippen molar-refractivity contribution >= 4 is 11.7 Å². The van der Waals surface area contributed by atoms with Gasteiger partial charge in [0.2, 0.25) is 0 Å². The second kappa shape index (κ2) is 7.90. The zero-order valence-electron chi connectivity index (χ0n) is 12.2. The second-order valence-corrected chi connectivity index (χ2v) is 5.16. The van der Waals surface area contributed by atoms with Gasteiger partial charge in [0.25, 0.3) is 0 Å². The molecule has 0 unspecified atom stereocenters. The molecule has 0 aliphatic carbocycles. The van der Waals surface area contributed by atoms with Crippen molar-refractivity contribution in [3.63, 3.8) is 0 Å². The van der Waals surface area contributed by atoms with Crippen LogP contribution in [0, 0.1) is 0 Å². The fourth-order valence-corrected chi connectivity index (χ4v) is 2.33. The molecule has 1 aliphatic heterocycles. The molecule has 1 aromatic carbocycles. The highest BCUT2D eigenvalue weighted by molar-refractivity contribution is 5.73. The van der Waals surface area contributed by atoms with Crippen LogP contribution in [0.3, 0.4) is 0 Å². The van der Waals surface area contributed by atoms with Gasteiger partial charge in [0.1, 0.15) is 0 Å². The molecule has 2 rings (SSSR count). The molecule has 1 saturated heterocycles. The quantitative estimate of drug-likeness (QED) is 0.637. The number of piperazine rings is 1. The Balaban J connectivity index is 1.90. The molecular formula is C16H24N2O2. The van der Waals surface area contributed by atoms with E-state index in [0.29, 0.717) is 13.0 Å². The molecule has 0 radical (unpaired) electrons. The monoisotopic (exact) mass is 276 g/mol. The maximum Gasteiger partial charge on any atom is 0.310 e. The number of nitrogens with zero attached hydrogens (tertiary/aromatic N) is 1. The van der Waals surface area contributed by atoms with E-state index in [1.54, 1.807) is 0 Å². The van der Waals surface area contributed by atoms with Crippen molar-refractivity contribution in [2.75, 3.05) is 37.7 Å². The number of hydrogen-bond acceptors (Lipinski definition) is 4. The second-order valence-electron chi connectivity index (χ2n) is 5.16. The van der Waals surface area contributed by atoms with Crippen LogP contribution in [0.5, 0.6) is 0 Å². The van der Waals surface area contributed by atoms with E-state index in [2.05, 4.69) is 29.3 Å². The molecule has 1 fully saturated rings. The van der Waals surface area contributed by atoms with Crippen molar-refractivity contribution in [2.24, 2.45) is 0 Å². The first-order valence-electron chi connectivity index (χ1n) is 7.50. The summed E-state index contributed by atoms with van der Waals surface area (Å²) >= 11 is 0. The van der Waals surface area contributed by atoms with Gasteiger partial charge in [-0.05, 0) is 24.1 Å². The zero-order valence-corrected chi connectivity index (χ0v) is 12.2. The number of anilines is 1. The van der Waals surface area contributed by atoms with Gasteiger partial charge in [-0.25, -0.2) is 0 Å². The number of ether oxygens (including phenoxy) is 1. The molecule has 0 bridgehead atoms. The summed E-state index contributed by atoms with van der Waals surface area (Å²) in [6.07, 6.45) is 2.35. The van der Waals surface area contributed by atoms with Gasteiger partial charge in [0, 0.05) is 31.9 Å². The normalized spacial score (nSPS) is 15.2. The SMILES string of the molecule is CCCCOC(=O)Cc1cccc(N2CCNCC2)c1. The van der Waals surface area contributed by atoms with E-state index in [4.69, 9.17) is 4.74 Å². The fourth-order valence-electron chi connectivity index (χ4n) is 2.33. The Bertz CT molecular complexity index is 428. The highest BCUT2D eigenvalue weighted by atomic mass is 16.5. The van der Waals surface area contributed by atoms with Gasteiger partial charge in [0.05, 0.1) is 13.0 Å². The Morgan fingerprint density at radius 1 is 1.35 bits per heavy atom. The molecule has 1 aromatic rings. The standard InChI is InChI=1S/C16H24N2O2/c1-2-3-11-20-16(19)13-14-5-4-6-15(12-14)18-9-7-17-8-10-18/h4-6,12,17H,2-3,7-11,13H2,1H3. The largest absolute Gasteiger partial charge is 0.465 e. The van der Waals surface area contributed by atoms with E-state index in [9.17, 15) is 4.79 Å². The van der Waals surface area contributed by atoms with E-state index in [-0.39, 0.29) is 5.97 Å². The number of benzene rings is 1. The molecule has 0 amide bonds. The Hall–Kier alpha value is -1.55. The lowest BCUT2D eigenvalue weighted by Crippen LogP contribution is -2.43. The predicted molar refractivity (Wildman–Crippen MR) is 81.1 cm³/mol. The average Bonchev–Trinajstić information content (AvgIpc) is 2.49. The Kier molecular flexibility index (Phi) is 5.87. The van der Waals surface area contributed by atoms with Crippen LogP contribution < -0.4 is 10.2 Å². The van der Waals surface area contributed by atoms with E-state index < -0.39 is 0 Å². The number of esters is 1. The first-order valence-corrected chi connectivity index (χ1v) is 7.50. The molecule has 1 N–H and O–H groups in total. The Morgan fingerprint density at radius 2 is 2.15 bits per heavy atom. The highest BCUT2D eigenvalue weighted by Gasteiger charge is 2.11. The number of carbonyl (C=O) groups excluding carboxylic acids is 1. The lowest BCUT2D eigenvalue weighted by Gasteiger charge is -2.29. The molecule has 1 heterocycles. The summed E-state index contributed by atoms with van der Waals surface area (Å²) < 4.78 is 5.21. The van der Waals surface area contributed by atoms with Crippen LogP contribution in [0.1, 0.15) is 25.3 Å². The van der Waals surface area contributed by atoms with Gasteiger partial charge in [0.15, 0.2) is 0 Å². The molecule has 0 aromatic heterocycles. The third-order valence-corrected chi connectivity index (χ3v) is 3.50. The van der Waals surface area contributed by atoms with Crippen molar-refractivity contribution in [3.8, 4) is 0 Å². The Labute approximate surface area is 121 Å². The van der Waals surface area contributed by atoms with Crippen LogP contribution in [-0.4, -0.2) is 38.8 Å². The van der Waals surface area contributed by atoms with Crippen LogP contribution in [0.15, 0.2) is 24.3 Å². The van der Waals surface area contributed by atoms with Crippen LogP contribution in [-0.2, 0) is 16.0 Å². The first kappa shape index (κ1) is 14.9. The fraction of sp³-hybridized carbons (Fsp3) is 0.562. The summed E-state index contributed by atoms with van der Waals surface area (Å²) in [6.45, 7) is 6.69. The van der Waals surface area contributed by atoms with Crippen LogP contribution >= 0.6 is 0 Å². The van der Waals surface area contributed by atoms with Crippen LogP contribution in [0.25, 0.3) is 0 Å². The summed E-state index contributed by atoms with van der Waals surface area (Å²) in [5, 5.41) is 3.34. The third kappa shape index (κ3) is 4.53. The van der Waals surface area contributed by atoms with Gasteiger partial charge in [-0.2, -0.15) is 0 Å². The summed E-state index contributed by atoms with van der Waals surface area (Å²) in [7, 11) is 0. The maximum atomic E-state index is 11.7. The Morgan fingerprint density at radius 3 is 2.90 bits per heavy atom. The molecule has 0 atom stereocenters. The van der Waals surface area contributed by atoms with E-state index >= 15 is 0 Å². The predicted octanol–water partition coefficient (Wildman–Crippen LogP) is 1.98. The minimum Gasteiger partial charge on any atom is -0.465 e. The smallest absolute Gasteiger partial charge is 0.310 e. The molecule has 0 saturated carbocycles. The van der Waals surface area contributed by atoms with E-state index in [1.807, 2.05) is 12.1 Å². The molecule has 4 nitrogen and oxygen atoms in total. The number of carbonyl (C=O) groups is 1. The van der Waals surface area contributed by atoms with Crippen molar-refractivity contribution < 1.29 is 9.53 Å². The minimum atomic E-state index is -0.129. The van der Waals surface area contributed by atoms with Gasteiger partial charge in [-0.15, -0.1) is 0 Å². The van der Waals surface area contributed by atoms with Crippen LogP contribution in [0.2, 0.25) is 0 Å². The van der Waals surface area contributed by atoms with Gasteiger partial charge in [-0.1, -0.05) is 25.5 Å². The average molecular weight is 276 g/mol. The van der Waals surface area contributed by atoms with Gasteiger partial charge in [-0.3, -0.25) is 4.79 Å². The van der Waals surface area contributed by atoms with Crippen molar-refractivity contribution in [3.05, 3.63) is 29.8 Å². The summed E-state index contributed by atoms with van der Waals surface area (Å²) in [6, 6.07) is 8.22. The third-order valence-electron chi connectivity index (χ3n) is 3.50. The first-order chi connectivity index (χ1) is 9.79. The molecule has 1 aliphatic rings. The molecule has 0 spiro atoms. The number of nitrogens with one attached hydrogen (secondary N) is 1. The number of rotatable bonds is 6. The van der Waals surface area contributed by atoms with Gasteiger partial charge < -0.3 is 15.0 Å². The summed E-state index contributed by atoms with van der Waals surface area (Å²) in [5.74, 6) is -0.129. The van der Waals surface area contributed by atoms with E-state index in [0.717, 1.165) is 44.6 Å². The number of unbranched alkanes of at least 4 members (excludes halogenated alkanes) is 1. The van der Waals surface area contributed by atoms with E-state index in [1.165, 1.54) is 5.69 Å². The maximum absolute atomic E-state index is 11.7. The van der Waals surface area contributed by atoms with Crippen molar-refractivity contribution in [2.45, 2.75) is 26.2 Å². The van der Waals surface area contributed by atoms with Crippen molar-refractivity contribution in [1.29, 1.82) is 0 Å². The zero-order chi connectivity index (χ0) is 14.2. The molecule has 20 heavy (non-hydrogen) atoms. The molecule has 110 valence electrons. The lowest BCUT2D eigenvalue weighted by molar-refractivity contribution is -0.142. The number of hydrogen-bond donors (Lipinski definition) is 1. The highest BCUT2D eigenvalue weighted by Crippen LogP contribution is 2.17. The summed E-state index contributed by atoms with van der Waals surface area (Å²) in [4.78, 5) is 14.1. The minimum absolute atomic E-state index is 0.129. The topological polar surface area (TPSA) is 41.6 Å². The van der Waals surface area contributed by atoms with Crippen molar-refractivity contribution in [1.82, 2.24) is 5.32 Å².